The Kier molecular flexibility index (Phi) is 3.38. The van der Waals surface area contributed by atoms with Crippen LogP contribution in [0.4, 0.5) is 5.69 Å². The maximum Gasteiger partial charge on any atom is 0.272 e. The van der Waals surface area contributed by atoms with Crippen molar-refractivity contribution in [2.45, 2.75) is 13.8 Å². The van der Waals surface area contributed by atoms with Gasteiger partial charge in [-0.05, 0) is 25.3 Å². The fourth-order valence-electron chi connectivity index (χ4n) is 1.83. The predicted molar refractivity (Wildman–Crippen MR) is 69.6 cm³/mol. The fourth-order valence-corrected chi connectivity index (χ4v) is 2.66. The van der Waals surface area contributed by atoms with E-state index in [2.05, 4.69) is 5.16 Å². The summed E-state index contributed by atoms with van der Waals surface area (Å²) in [6.45, 7) is 3.59. The van der Waals surface area contributed by atoms with Crippen LogP contribution in [0.3, 0.4) is 0 Å². The van der Waals surface area contributed by atoms with Crippen LogP contribution in [0.25, 0.3) is 0 Å². The van der Waals surface area contributed by atoms with Gasteiger partial charge in [-0.25, -0.2) is 0 Å². The average Bonchev–Trinajstić information content (AvgIpc) is 2.94. The standard InChI is InChI=1S/C12H14N2O3S/c1-7-10(8(2)17-13-7)14(3)12(15)11-9(16-4)5-6-18-11/h5-6H,1-4H3. The van der Waals surface area contributed by atoms with Crippen LogP contribution >= 0.6 is 11.3 Å². The third kappa shape index (κ3) is 1.99. The lowest BCUT2D eigenvalue weighted by molar-refractivity contribution is 0.0993. The Labute approximate surface area is 109 Å². The third-order valence-electron chi connectivity index (χ3n) is 2.68. The molecule has 6 heteroatoms. The van der Waals surface area contributed by atoms with Crippen molar-refractivity contribution in [2.75, 3.05) is 19.1 Å². The first-order chi connectivity index (χ1) is 8.56. The smallest absolute Gasteiger partial charge is 0.272 e. The van der Waals surface area contributed by atoms with Crippen LogP contribution in [0.1, 0.15) is 21.1 Å². The van der Waals surface area contributed by atoms with Crippen LogP contribution in [-0.4, -0.2) is 25.2 Å². The number of thiophene rings is 1. The minimum Gasteiger partial charge on any atom is -0.495 e. The molecule has 0 atom stereocenters. The number of aromatic nitrogens is 1. The van der Waals surface area contributed by atoms with E-state index < -0.39 is 0 Å². The van der Waals surface area contributed by atoms with Gasteiger partial charge in [0, 0.05) is 7.05 Å². The van der Waals surface area contributed by atoms with Crippen LogP contribution < -0.4 is 9.64 Å². The number of rotatable bonds is 3. The molecule has 18 heavy (non-hydrogen) atoms. The molecule has 0 aliphatic carbocycles. The molecule has 0 radical (unpaired) electrons. The second-order valence-corrected chi connectivity index (χ2v) is 4.77. The quantitative estimate of drug-likeness (QED) is 0.857. The molecule has 0 spiro atoms. The van der Waals surface area contributed by atoms with Gasteiger partial charge in [-0.2, -0.15) is 0 Å². The number of amides is 1. The van der Waals surface area contributed by atoms with Crippen LogP contribution in [0.5, 0.6) is 5.75 Å². The zero-order valence-electron chi connectivity index (χ0n) is 10.7. The van der Waals surface area contributed by atoms with Crippen LogP contribution in [-0.2, 0) is 0 Å². The van der Waals surface area contributed by atoms with E-state index in [9.17, 15) is 4.79 Å². The van der Waals surface area contributed by atoms with Gasteiger partial charge in [-0.15, -0.1) is 11.3 Å². The maximum atomic E-state index is 12.4. The number of carbonyl (C=O) groups is 1. The summed E-state index contributed by atoms with van der Waals surface area (Å²) in [7, 11) is 3.25. The highest BCUT2D eigenvalue weighted by atomic mass is 32.1. The van der Waals surface area contributed by atoms with Gasteiger partial charge in [0.05, 0.1) is 7.11 Å². The fraction of sp³-hybridized carbons (Fsp3) is 0.333. The van der Waals surface area contributed by atoms with Crippen molar-refractivity contribution in [1.29, 1.82) is 0 Å². The lowest BCUT2D eigenvalue weighted by Crippen LogP contribution is -2.26. The number of aryl methyl sites for hydroxylation is 2. The minimum atomic E-state index is -0.128. The molecule has 1 amide bonds. The highest BCUT2D eigenvalue weighted by Gasteiger charge is 2.23. The molecular formula is C12H14N2O3S. The monoisotopic (exact) mass is 266 g/mol. The van der Waals surface area contributed by atoms with Crippen LogP contribution in [0.15, 0.2) is 16.0 Å². The topological polar surface area (TPSA) is 55.6 Å². The van der Waals surface area contributed by atoms with Crippen molar-refractivity contribution in [3.05, 3.63) is 27.8 Å². The highest BCUT2D eigenvalue weighted by Crippen LogP contribution is 2.30. The number of ether oxygens (including phenoxy) is 1. The number of hydrogen-bond donors (Lipinski definition) is 0. The summed E-state index contributed by atoms with van der Waals surface area (Å²) < 4.78 is 10.2. The Morgan fingerprint density at radius 2 is 2.22 bits per heavy atom. The first kappa shape index (κ1) is 12.6. The van der Waals surface area contributed by atoms with Gasteiger partial charge < -0.3 is 14.2 Å². The molecule has 2 heterocycles. The number of hydrogen-bond acceptors (Lipinski definition) is 5. The molecule has 0 aromatic carbocycles. The van der Waals surface area contributed by atoms with E-state index in [-0.39, 0.29) is 5.91 Å². The van der Waals surface area contributed by atoms with Crippen molar-refractivity contribution in [3.8, 4) is 5.75 Å². The average molecular weight is 266 g/mol. The molecular weight excluding hydrogens is 252 g/mol. The molecule has 0 aliphatic heterocycles. The van der Waals surface area contributed by atoms with E-state index in [1.54, 1.807) is 34.1 Å². The molecule has 5 nitrogen and oxygen atoms in total. The van der Waals surface area contributed by atoms with Crippen LogP contribution in [0.2, 0.25) is 0 Å². The van der Waals surface area contributed by atoms with E-state index in [4.69, 9.17) is 9.26 Å². The molecule has 0 saturated heterocycles. The minimum absolute atomic E-state index is 0.128. The molecule has 0 N–H and O–H groups in total. The summed E-state index contributed by atoms with van der Waals surface area (Å²) in [6, 6.07) is 1.78. The van der Waals surface area contributed by atoms with Gasteiger partial charge in [-0.1, -0.05) is 5.16 Å². The first-order valence-electron chi connectivity index (χ1n) is 5.38. The molecule has 0 fully saturated rings. The van der Waals surface area contributed by atoms with Gasteiger partial charge >= 0.3 is 0 Å². The van der Waals surface area contributed by atoms with Gasteiger partial charge in [0.25, 0.3) is 5.91 Å². The normalized spacial score (nSPS) is 10.4. The highest BCUT2D eigenvalue weighted by molar-refractivity contribution is 7.12. The molecule has 0 aliphatic rings. The van der Waals surface area contributed by atoms with E-state index >= 15 is 0 Å². The second kappa shape index (κ2) is 4.81. The SMILES string of the molecule is COc1ccsc1C(=O)N(C)c1c(C)noc1C. The third-order valence-corrected chi connectivity index (χ3v) is 3.56. The van der Waals surface area contributed by atoms with E-state index in [0.29, 0.717) is 27.8 Å². The summed E-state index contributed by atoms with van der Waals surface area (Å²) in [5, 5.41) is 5.67. The maximum absolute atomic E-state index is 12.4. The van der Waals surface area contributed by atoms with E-state index in [1.807, 2.05) is 5.38 Å². The number of methoxy groups -OCH3 is 1. The lowest BCUT2D eigenvalue weighted by atomic mass is 10.2. The number of anilines is 1. The van der Waals surface area contributed by atoms with E-state index in [1.165, 1.54) is 16.2 Å². The summed E-state index contributed by atoms with van der Waals surface area (Å²) in [5.41, 5.74) is 1.40. The van der Waals surface area contributed by atoms with Crippen molar-refractivity contribution < 1.29 is 14.1 Å². The summed E-state index contributed by atoms with van der Waals surface area (Å²) in [5.74, 6) is 1.08. The zero-order chi connectivity index (χ0) is 13.3. The summed E-state index contributed by atoms with van der Waals surface area (Å²) >= 11 is 1.35. The molecule has 0 bridgehead atoms. The predicted octanol–water partition coefficient (Wildman–Crippen LogP) is 2.64. The van der Waals surface area contributed by atoms with Gasteiger partial charge in [0.1, 0.15) is 22.0 Å². The summed E-state index contributed by atoms with van der Waals surface area (Å²) in [4.78, 5) is 14.5. The molecule has 96 valence electrons. The molecule has 2 aromatic heterocycles. The molecule has 0 saturated carbocycles. The first-order valence-corrected chi connectivity index (χ1v) is 6.26. The zero-order valence-corrected chi connectivity index (χ0v) is 11.5. The number of nitrogens with zero attached hydrogens (tertiary/aromatic N) is 2. The largest absolute Gasteiger partial charge is 0.495 e. The van der Waals surface area contributed by atoms with Crippen molar-refractivity contribution in [1.82, 2.24) is 5.16 Å². The Balaban J connectivity index is 2.35. The Bertz CT molecular complexity index is 554. The van der Waals surface area contributed by atoms with E-state index in [0.717, 1.165) is 0 Å². The summed E-state index contributed by atoms with van der Waals surface area (Å²) in [6.07, 6.45) is 0. The van der Waals surface area contributed by atoms with Crippen LogP contribution in [0, 0.1) is 13.8 Å². The Hall–Kier alpha value is -1.82. The van der Waals surface area contributed by atoms with Gasteiger partial charge in [0.2, 0.25) is 0 Å². The molecule has 2 rings (SSSR count). The Morgan fingerprint density at radius 3 is 2.78 bits per heavy atom. The lowest BCUT2D eigenvalue weighted by Gasteiger charge is -2.16. The van der Waals surface area contributed by atoms with Crippen molar-refractivity contribution in [2.24, 2.45) is 0 Å². The van der Waals surface area contributed by atoms with Crippen molar-refractivity contribution in [3.63, 3.8) is 0 Å². The van der Waals surface area contributed by atoms with Gasteiger partial charge in [0.15, 0.2) is 5.76 Å². The van der Waals surface area contributed by atoms with Gasteiger partial charge in [-0.3, -0.25) is 4.79 Å². The molecule has 0 unspecified atom stereocenters. The molecule has 2 aromatic rings. The van der Waals surface area contributed by atoms with Crippen molar-refractivity contribution >= 4 is 22.9 Å². The number of carbonyl (C=O) groups excluding carboxylic acids is 1. The Morgan fingerprint density at radius 1 is 1.50 bits per heavy atom. The second-order valence-electron chi connectivity index (χ2n) is 3.86.